The maximum Gasteiger partial charge on any atom is 0.247 e. The van der Waals surface area contributed by atoms with Crippen LogP contribution in [0.2, 0.25) is 0 Å². The molecule has 57 valence electrons. The van der Waals surface area contributed by atoms with Crippen LogP contribution in [0.25, 0.3) is 0 Å². The molecular weight excluding hydrogens is 128 g/mol. The summed E-state index contributed by atoms with van der Waals surface area (Å²) in [6, 6.07) is 0. The minimum atomic E-state index is -0.108. The van der Waals surface area contributed by atoms with Crippen molar-refractivity contribution in [2.45, 2.75) is 12.8 Å². The maximum atomic E-state index is 10.7. The van der Waals surface area contributed by atoms with E-state index in [0.717, 1.165) is 0 Å². The molecule has 0 fully saturated rings. The van der Waals surface area contributed by atoms with E-state index in [9.17, 15) is 4.79 Å². The zero-order valence-corrected chi connectivity index (χ0v) is 6.50. The van der Waals surface area contributed by atoms with Crippen LogP contribution in [-0.4, -0.2) is 31.2 Å². The summed E-state index contributed by atoms with van der Waals surface area (Å²) >= 11 is 0. The van der Waals surface area contributed by atoms with Gasteiger partial charge >= 0.3 is 0 Å². The van der Waals surface area contributed by atoms with E-state index >= 15 is 0 Å². The number of hydrogen-bond acceptors (Lipinski definition) is 1. The monoisotopic (exact) mass is 141 g/mol. The summed E-state index contributed by atoms with van der Waals surface area (Å²) < 4.78 is 0. The van der Waals surface area contributed by atoms with Gasteiger partial charge in [-0.25, -0.2) is 4.99 Å². The molecule has 0 aromatic carbocycles. The van der Waals surface area contributed by atoms with Crippen LogP contribution >= 0.6 is 0 Å². The lowest BCUT2D eigenvalue weighted by molar-refractivity contribution is -0.117. The van der Waals surface area contributed by atoms with Crippen LogP contribution in [0, 0.1) is 6.92 Å². The van der Waals surface area contributed by atoms with E-state index in [0.29, 0.717) is 12.8 Å². The predicted molar refractivity (Wildman–Crippen MR) is 41.8 cm³/mol. The van der Waals surface area contributed by atoms with E-state index in [2.05, 4.69) is 11.9 Å². The third kappa shape index (κ3) is 5.28. The molecule has 0 rings (SSSR count). The molecule has 0 saturated carbocycles. The molecule has 0 bridgehead atoms. The Kier molecular flexibility index (Phi) is 4.54. The molecule has 0 atom stereocenters. The van der Waals surface area contributed by atoms with Crippen LogP contribution in [0.4, 0.5) is 0 Å². The van der Waals surface area contributed by atoms with Crippen molar-refractivity contribution in [1.29, 1.82) is 0 Å². The van der Waals surface area contributed by atoms with E-state index in [1.807, 2.05) is 14.1 Å². The number of carbonyl (C=O) groups excluding carboxylic acids is 1. The van der Waals surface area contributed by atoms with E-state index in [-0.39, 0.29) is 5.91 Å². The number of amides is 1. The summed E-state index contributed by atoms with van der Waals surface area (Å²) in [5.74, 6) is -0.108. The summed E-state index contributed by atoms with van der Waals surface area (Å²) in [6.07, 6.45) is 2.55. The predicted octanol–water partition coefficient (Wildman–Crippen LogP) is 0.717. The van der Waals surface area contributed by atoms with Gasteiger partial charge in [0, 0.05) is 20.5 Å². The Bertz CT molecular complexity index is 130. The Hall–Kier alpha value is -0.860. The highest BCUT2D eigenvalue weighted by molar-refractivity contribution is 5.84. The van der Waals surface area contributed by atoms with Gasteiger partial charge in [0.2, 0.25) is 5.91 Å². The van der Waals surface area contributed by atoms with Crippen LogP contribution in [0.1, 0.15) is 12.8 Å². The van der Waals surface area contributed by atoms with Crippen molar-refractivity contribution in [2.75, 3.05) is 14.1 Å². The highest BCUT2D eigenvalue weighted by atomic mass is 16.1. The van der Waals surface area contributed by atoms with Crippen LogP contribution in [-0.2, 0) is 4.79 Å². The lowest BCUT2D eigenvalue weighted by Crippen LogP contribution is -2.09. The highest BCUT2D eigenvalue weighted by Crippen LogP contribution is 1.88. The molecule has 1 radical (unpaired) electrons. The molecule has 0 spiro atoms. The number of aliphatic imine (C=N–C) groups is 1. The molecular formula is C7H13N2O. The first-order valence-corrected chi connectivity index (χ1v) is 3.19. The standard InChI is InChI=1S/C7H13N2O/c1-4-5-7(10)8-6-9(2)3/h6H,1,4-5H2,2-3H3. The lowest BCUT2D eigenvalue weighted by Gasteiger charge is -2.00. The molecule has 3 heteroatoms. The van der Waals surface area contributed by atoms with E-state index < -0.39 is 0 Å². The quantitative estimate of drug-likeness (QED) is 0.428. The van der Waals surface area contributed by atoms with Crippen LogP contribution in [0.15, 0.2) is 4.99 Å². The molecule has 0 saturated heterocycles. The van der Waals surface area contributed by atoms with Crippen LogP contribution in [0.5, 0.6) is 0 Å². The zero-order valence-electron chi connectivity index (χ0n) is 6.50. The number of hydrogen-bond donors (Lipinski definition) is 0. The second-order valence-corrected chi connectivity index (χ2v) is 2.21. The number of nitrogens with zero attached hydrogens (tertiary/aromatic N) is 2. The summed E-state index contributed by atoms with van der Waals surface area (Å²) in [5, 5.41) is 0. The Morgan fingerprint density at radius 3 is 2.70 bits per heavy atom. The first kappa shape index (κ1) is 9.14. The third-order valence-electron chi connectivity index (χ3n) is 0.823. The number of carbonyl (C=O) groups is 1. The molecule has 0 aliphatic heterocycles. The minimum Gasteiger partial charge on any atom is -0.369 e. The van der Waals surface area contributed by atoms with Crippen molar-refractivity contribution in [1.82, 2.24) is 4.90 Å². The molecule has 0 unspecified atom stereocenters. The molecule has 3 nitrogen and oxygen atoms in total. The van der Waals surface area contributed by atoms with Crippen molar-refractivity contribution >= 4 is 12.2 Å². The largest absolute Gasteiger partial charge is 0.369 e. The molecule has 0 N–H and O–H groups in total. The van der Waals surface area contributed by atoms with Crippen molar-refractivity contribution < 1.29 is 4.79 Å². The fourth-order valence-corrected chi connectivity index (χ4v) is 0.396. The molecule has 0 aliphatic carbocycles. The van der Waals surface area contributed by atoms with Gasteiger partial charge in [0.1, 0.15) is 0 Å². The Labute approximate surface area is 61.7 Å². The molecule has 0 aromatic rings. The summed E-state index contributed by atoms with van der Waals surface area (Å²) in [6.45, 7) is 3.54. The van der Waals surface area contributed by atoms with Gasteiger partial charge in [0.25, 0.3) is 0 Å². The smallest absolute Gasteiger partial charge is 0.247 e. The first-order chi connectivity index (χ1) is 4.66. The van der Waals surface area contributed by atoms with E-state index in [1.54, 1.807) is 4.90 Å². The van der Waals surface area contributed by atoms with Crippen molar-refractivity contribution in [3.63, 3.8) is 0 Å². The maximum absolute atomic E-state index is 10.7. The first-order valence-electron chi connectivity index (χ1n) is 3.19. The van der Waals surface area contributed by atoms with Gasteiger partial charge in [-0.3, -0.25) is 4.79 Å². The molecule has 0 aromatic heterocycles. The minimum absolute atomic E-state index is 0.108. The molecule has 10 heavy (non-hydrogen) atoms. The molecule has 0 aliphatic rings. The second-order valence-electron chi connectivity index (χ2n) is 2.21. The topological polar surface area (TPSA) is 32.7 Å². The number of rotatable bonds is 3. The van der Waals surface area contributed by atoms with Crippen LogP contribution < -0.4 is 0 Å². The van der Waals surface area contributed by atoms with Gasteiger partial charge in [-0.1, -0.05) is 6.92 Å². The van der Waals surface area contributed by atoms with Gasteiger partial charge in [-0.05, 0) is 6.42 Å². The van der Waals surface area contributed by atoms with E-state index in [4.69, 9.17) is 0 Å². The Morgan fingerprint density at radius 2 is 2.30 bits per heavy atom. The van der Waals surface area contributed by atoms with Gasteiger partial charge in [-0.2, -0.15) is 0 Å². The SMILES string of the molecule is [CH2]CCC(=O)N=CN(C)C. The lowest BCUT2D eigenvalue weighted by atomic mass is 10.3. The van der Waals surface area contributed by atoms with Crippen molar-refractivity contribution in [3.05, 3.63) is 6.92 Å². The van der Waals surface area contributed by atoms with Gasteiger partial charge < -0.3 is 4.90 Å². The van der Waals surface area contributed by atoms with Crippen molar-refractivity contribution in [2.24, 2.45) is 4.99 Å². The fourth-order valence-electron chi connectivity index (χ4n) is 0.396. The van der Waals surface area contributed by atoms with Crippen molar-refractivity contribution in [3.8, 4) is 0 Å². The molecule has 0 heterocycles. The van der Waals surface area contributed by atoms with Gasteiger partial charge in [0.05, 0.1) is 6.34 Å². The molecule has 1 amide bonds. The summed E-state index contributed by atoms with van der Waals surface area (Å²) in [4.78, 5) is 16.0. The fraction of sp³-hybridized carbons (Fsp3) is 0.571. The normalized spacial score (nSPS) is 10.3. The Morgan fingerprint density at radius 1 is 1.70 bits per heavy atom. The third-order valence-corrected chi connectivity index (χ3v) is 0.823. The van der Waals surface area contributed by atoms with Gasteiger partial charge in [-0.15, -0.1) is 0 Å². The second kappa shape index (κ2) is 4.97. The average Bonchev–Trinajstić information content (AvgIpc) is 1.85. The van der Waals surface area contributed by atoms with Gasteiger partial charge in [0.15, 0.2) is 0 Å². The summed E-state index contributed by atoms with van der Waals surface area (Å²) in [5.41, 5.74) is 0. The average molecular weight is 141 g/mol. The van der Waals surface area contributed by atoms with Crippen LogP contribution in [0.3, 0.4) is 0 Å². The summed E-state index contributed by atoms with van der Waals surface area (Å²) in [7, 11) is 3.64. The zero-order chi connectivity index (χ0) is 7.98. The Balaban J connectivity index is 3.56. The highest BCUT2D eigenvalue weighted by Gasteiger charge is 1.92. The van der Waals surface area contributed by atoms with E-state index in [1.165, 1.54) is 6.34 Å².